The average molecular weight is 416 g/mol. The molecule has 146 valence electrons. The number of aryl methyl sites for hydroxylation is 1. The third kappa shape index (κ3) is 4.24. The second kappa shape index (κ2) is 8.24. The smallest absolute Gasteiger partial charge is 0.227 e. The molecule has 0 aliphatic carbocycles. The second-order valence-electron chi connectivity index (χ2n) is 7.14. The van der Waals surface area contributed by atoms with Gasteiger partial charge in [-0.25, -0.2) is 4.67 Å². The third-order valence-electron chi connectivity index (χ3n) is 5.20. The summed E-state index contributed by atoms with van der Waals surface area (Å²) < 4.78 is 19.7. The van der Waals surface area contributed by atoms with Crippen molar-refractivity contribution in [3.8, 4) is 5.75 Å². The highest BCUT2D eigenvalue weighted by Gasteiger charge is 2.36. The number of benzene rings is 3. The lowest BCUT2D eigenvalue weighted by molar-refractivity contribution is 0.537. The molecule has 1 aliphatic heterocycles. The summed E-state index contributed by atoms with van der Waals surface area (Å²) in [6, 6.07) is 20.6. The fourth-order valence-corrected chi connectivity index (χ4v) is 5.53. The molecule has 1 saturated heterocycles. The van der Waals surface area contributed by atoms with Gasteiger partial charge in [-0.2, -0.15) is 5.20 Å². The molecule has 1 aliphatic rings. The van der Waals surface area contributed by atoms with E-state index < -0.39 is 7.44 Å². The van der Waals surface area contributed by atoms with Gasteiger partial charge < -0.3 is 4.29 Å². The molecule has 0 saturated carbocycles. The lowest BCUT2D eigenvalue weighted by Crippen LogP contribution is -2.25. The fourth-order valence-electron chi connectivity index (χ4n) is 3.51. The molecule has 0 spiro atoms. The van der Waals surface area contributed by atoms with Crippen molar-refractivity contribution in [3.63, 3.8) is 0 Å². The maximum absolute atomic E-state index is 12.8. The van der Waals surface area contributed by atoms with E-state index in [1.807, 2.05) is 28.9 Å². The van der Waals surface area contributed by atoms with E-state index in [4.69, 9.17) is 22.0 Å². The number of nitrogens with two attached hydrogens (primary N) is 1. The number of hydrogen-bond acceptors (Lipinski definition) is 3. The molecular weight excluding hydrogens is 393 g/mol. The number of nitrogens with one attached hydrogen (secondary N) is 1. The van der Waals surface area contributed by atoms with Crippen LogP contribution in [0.4, 0.5) is 0 Å². The molecule has 0 radical (unpaired) electrons. The van der Waals surface area contributed by atoms with Gasteiger partial charge in [0.25, 0.3) is 0 Å². The molecule has 0 bridgehead atoms. The van der Waals surface area contributed by atoms with Gasteiger partial charge in [-0.3, -0.25) is 10.4 Å². The Labute approximate surface area is 170 Å². The molecule has 3 aromatic rings. The highest BCUT2D eigenvalue weighted by Crippen LogP contribution is 2.49. The summed E-state index contributed by atoms with van der Waals surface area (Å²) in [7, 11) is -2.65. The van der Waals surface area contributed by atoms with E-state index >= 15 is 0 Å². The Hall–Kier alpha value is -1.88. The first-order valence-electron chi connectivity index (χ1n) is 9.32. The Morgan fingerprint density at radius 1 is 1.04 bits per heavy atom. The molecule has 0 aromatic heterocycles. The largest absolute Gasteiger partial charge is 0.385 e. The molecular formula is C21H23ClN3O2P. The van der Waals surface area contributed by atoms with Crippen LogP contribution >= 0.6 is 19.3 Å². The lowest BCUT2D eigenvalue weighted by atomic mass is 9.99. The Morgan fingerprint density at radius 3 is 2.50 bits per heavy atom. The number of fused-ring (bicyclic) bond motifs is 1. The van der Waals surface area contributed by atoms with E-state index in [0.29, 0.717) is 24.8 Å². The van der Waals surface area contributed by atoms with E-state index in [2.05, 4.69) is 41.6 Å². The van der Waals surface area contributed by atoms with Crippen molar-refractivity contribution >= 4 is 30.1 Å². The summed E-state index contributed by atoms with van der Waals surface area (Å²) in [5, 5.41) is 4.96. The van der Waals surface area contributed by atoms with Crippen LogP contribution in [-0.2, 0) is 17.4 Å². The van der Waals surface area contributed by atoms with Crippen LogP contribution in [-0.4, -0.2) is 23.9 Å². The van der Waals surface area contributed by atoms with Gasteiger partial charge in [0.15, 0.2) is 0 Å². The van der Waals surface area contributed by atoms with Gasteiger partial charge >= 0.3 is 0 Å². The van der Waals surface area contributed by atoms with Gasteiger partial charge in [-0.1, -0.05) is 54.6 Å². The van der Waals surface area contributed by atoms with Gasteiger partial charge in [-0.15, -0.1) is 0 Å². The second-order valence-corrected chi connectivity index (χ2v) is 9.96. The van der Waals surface area contributed by atoms with Crippen molar-refractivity contribution in [3.05, 3.63) is 77.4 Å². The Kier molecular flexibility index (Phi) is 5.72. The zero-order chi connectivity index (χ0) is 19.6. The Morgan fingerprint density at radius 2 is 1.79 bits per heavy atom. The topological polar surface area (TPSA) is 67.4 Å². The minimum atomic E-state index is -2.65. The molecule has 3 N–H and O–H groups in total. The number of halogens is 1. The first kappa shape index (κ1) is 19.4. The van der Waals surface area contributed by atoms with Crippen molar-refractivity contribution in [2.75, 3.05) is 19.3 Å². The van der Waals surface area contributed by atoms with Crippen LogP contribution in [0.5, 0.6) is 5.75 Å². The molecule has 1 atom stereocenters. The van der Waals surface area contributed by atoms with Gasteiger partial charge in [0, 0.05) is 31.2 Å². The van der Waals surface area contributed by atoms with Crippen LogP contribution in [0.3, 0.4) is 0 Å². The Bertz CT molecular complexity index is 1040. The molecule has 1 unspecified atom stereocenters. The zero-order valence-electron chi connectivity index (χ0n) is 15.5. The number of hydrogen-bond donors (Lipinski definition) is 2. The number of rotatable bonds is 8. The Balaban J connectivity index is 1.55. The monoisotopic (exact) mass is 415 g/mol. The molecule has 1 fully saturated rings. The van der Waals surface area contributed by atoms with Crippen molar-refractivity contribution < 1.29 is 8.85 Å². The van der Waals surface area contributed by atoms with Gasteiger partial charge in [0.2, 0.25) is 7.44 Å². The van der Waals surface area contributed by atoms with Gasteiger partial charge in [-0.05, 0) is 34.4 Å². The van der Waals surface area contributed by atoms with Crippen LogP contribution in [0.15, 0.2) is 60.7 Å². The predicted octanol–water partition coefficient (Wildman–Crippen LogP) is 4.48. The summed E-state index contributed by atoms with van der Waals surface area (Å²) in [6.45, 7) is 1.68. The SMILES string of the molecule is NNP(=O)(CCc1ccc(OCl)c(Cc2ccc3ccccc3c2)c1)N1CC1. The third-order valence-corrected chi connectivity index (χ3v) is 7.92. The summed E-state index contributed by atoms with van der Waals surface area (Å²) in [5.74, 6) is 6.19. The first-order valence-corrected chi connectivity index (χ1v) is 11.5. The van der Waals surface area contributed by atoms with Gasteiger partial charge in [0.05, 0.1) is 0 Å². The minimum absolute atomic E-state index is 0.500. The molecule has 4 rings (SSSR count). The van der Waals surface area contributed by atoms with Crippen LogP contribution < -0.4 is 15.3 Å². The normalized spacial score (nSPS) is 16.1. The van der Waals surface area contributed by atoms with E-state index in [1.54, 1.807) is 0 Å². The highest BCUT2D eigenvalue weighted by atomic mass is 35.5. The summed E-state index contributed by atoms with van der Waals surface area (Å²) in [5.41, 5.74) is 3.28. The van der Waals surface area contributed by atoms with E-state index in [1.165, 1.54) is 16.3 Å². The lowest BCUT2D eigenvalue weighted by Gasteiger charge is -2.18. The van der Waals surface area contributed by atoms with Gasteiger partial charge in [0.1, 0.15) is 17.6 Å². The molecule has 7 heteroatoms. The number of nitrogens with zero attached hydrogens (tertiary/aromatic N) is 1. The van der Waals surface area contributed by atoms with Crippen molar-refractivity contribution in [2.45, 2.75) is 12.8 Å². The van der Waals surface area contributed by atoms with Crippen LogP contribution in [0.1, 0.15) is 16.7 Å². The summed E-state index contributed by atoms with van der Waals surface area (Å²) in [4.78, 5) is 0. The van der Waals surface area contributed by atoms with Crippen LogP contribution in [0.25, 0.3) is 10.8 Å². The maximum Gasteiger partial charge on any atom is 0.227 e. The predicted molar refractivity (Wildman–Crippen MR) is 115 cm³/mol. The molecule has 28 heavy (non-hydrogen) atoms. The zero-order valence-corrected chi connectivity index (χ0v) is 17.1. The standard InChI is InChI=1S/C21H23ClN3O2P/c22-27-21-8-6-16(9-12-28(26,24-23)25-10-11-25)13-20(21)15-17-5-7-18-3-1-2-4-19(18)14-17/h1-8,13-14H,9-12,15,23H2,(H,24,26). The molecule has 3 aromatic carbocycles. The quantitative estimate of drug-likeness (QED) is 0.246. The molecule has 0 amide bonds. The minimum Gasteiger partial charge on any atom is -0.385 e. The molecule has 5 nitrogen and oxygen atoms in total. The average Bonchev–Trinajstić information content (AvgIpc) is 3.58. The van der Waals surface area contributed by atoms with Crippen molar-refractivity contribution in [1.82, 2.24) is 9.87 Å². The summed E-state index contributed by atoms with van der Waals surface area (Å²) >= 11 is 5.69. The first-order chi connectivity index (χ1) is 13.6. The van der Waals surface area contributed by atoms with E-state index in [-0.39, 0.29) is 0 Å². The molecule has 1 heterocycles. The number of hydrazine groups is 1. The van der Waals surface area contributed by atoms with Crippen LogP contribution in [0, 0.1) is 0 Å². The van der Waals surface area contributed by atoms with Crippen LogP contribution in [0.2, 0.25) is 0 Å². The van der Waals surface area contributed by atoms with Crippen molar-refractivity contribution in [1.29, 1.82) is 0 Å². The van der Waals surface area contributed by atoms with E-state index in [0.717, 1.165) is 24.2 Å². The van der Waals surface area contributed by atoms with Crippen molar-refractivity contribution in [2.24, 2.45) is 5.84 Å². The highest BCUT2D eigenvalue weighted by molar-refractivity contribution is 7.59. The summed E-state index contributed by atoms with van der Waals surface area (Å²) in [6.07, 6.45) is 1.88. The maximum atomic E-state index is 12.8. The van der Waals surface area contributed by atoms with E-state index in [9.17, 15) is 4.57 Å². The fraction of sp³-hybridized carbons (Fsp3) is 0.238.